The maximum Gasteiger partial charge on any atom is 0.251 e. The lowest BCUT2D eigenvalue weighted by Gasteiger charge is -2.30. The number of nitrogens with zero attached hydrogens (tertiary/aromatic N) is 1. The molecule has 4 rings (SSSR count). The Bertz CT molecular complexity index is 1350. The van der Waals surface area contributed by atoms with E-state index in [1.54, 1.807) is 10.6 Å². The maximum absolute atomic E-state index is 13.0. The van der Waals surface area contributed by atoms with Gasteiger partial charge in [-0.3, -0.25) is 4.79 Å². The Morgan fingerprint density at radius 1 is 1.00 bits per heavy atom. The minimum Gasteiger partial charge on any atom is -0.393 e. The van der Waals surface area contributed by atoms with E-state index in [1.807, 2.05) is 94.4 Å². The zero-order valence-corrected chi connectivity index (χ0v) is 20.8. The Morgan fingerprint density at radius 3 is 2.29 bits per heavy atom. The normalized spacial score (nSPS) is 12.8. The van der Waals surface area contributed by atoms with E-state index in [-0.39, 0.29) is 12.2 Å². The summed E-state index contributed by atoms with van der Waals surface area (Å²) in [6.07, 6.45) is -0.524. The molecule has 0 radical (unpaired) electrons. The first kappa shape index (κ1) is 24.2. The van der Waals surface area contributed by atoms with Gasteiger partial charge in [-0.2, -0.15) is 0 Å². The third kappa shape index (κ3) is 5.10. The lowest BCUT2D eigenvalue weighted by Crippen LogP contribution is -2.26. The molecular weight excluding hydrogens is 446 g/mol. The fourth-order valence-corrected chi connectivity index (χ4v) is 4.60. The van der Waals surface area contributed by atoms with Crippen molar-refractivity contribution >= 4 is 22.5 Å². The van der Waals surface area contributed by atoms with Gasteiger partial charge in [0.25, 0.3) is 5.56 Å². The highest BCUT2D eigenvalue weighted by atomic mass is 35.5. The van der Waals surface area contributed by atoms with Crippen LogP contribution >= 0.6 is 11.6 Å². The van der Waals surface area contributed by atoms with Gasteiger partial charge in [0, 0.05) is 16.5 Å². The molecule has 0 amide bonds. The molecule has 0 aliphatic carbocycles. The highest BCUT2D eigenvalue weighted by molar-refractivity contribution is 6.30. The van der Waals surface area contributed by atoms with Gasteiger partial charge >= 0.3 is 0 Å². The van der Waals surface area contributed by atoms with E-state index >= 15 is 0 Å². The summed E-state index contributed by atoms with van der Waals surface area (Å²) < 4.78 is 8.10. The molecule has 1 atom stereocenters. The molecule has 176 valence electrons. The van der Waals surface area contributed by atoms with Crippen molar-refractivity contribution in [2.24, 2.45) is 0 Å². The number of aryl methyl sites for hydroxylation is 1. The van der Waals surface area contributed by atoms with Gasteiger partial charge in [0.05, 0.1) is 24.3 Å². The van der Waals surface area contributed by atoms with Crippen LogP contribution in [0.4, 0.5) is 0 Å². The van der Waals surface area contributed by atoms with Crippen molar-refractivity contribution in [2.45, 2.75) is 45.9 Å². The molecule has 0 aliphatic rings. The van der Waals surface area contributed by atoms with Crippen LogP contribution in [0.25, 0.3) is 22.0 Å². The number of aromatic nitrogens is 1. The van der Waals surface area contributed by atoms with Crippen LogP contribution in [0.2, 0.25) is 5.02 Å². The predicted molar refractivity (Wildman–Crippen MR) is 140 cm³/mol. The van der Waals surface area contributed by atoms with Gasteiger partial charge in [-0.15, -0.1) is 0 Å². The lowest BCUT2D eigenvalue weighted by atomic mass is 9.88. The van der Waals surface area contributed by atoms with Crippen molar-refractivity contribution < 1.29 is 9.84 Å². The molecule has 4 nitrogen and oxygen atoms in total. The second-order valence-corrected chi connectivity index (χ2v) is 10.0. The minimum atomic E-state index is -0.524. The Balaban J connectivity index is 2.03. The Kier molecular flexibility index (Phi) is 6.94. The Labute approximate surface area is 205 Å². The quantitative estimate of drug-likeness (QED) is 0.345. The van der Waals surface area contributed by atoms with Gasteiger partial charge in [-0.1, -0.05) is 54.1 Å². The monoisotopic (exact) mass is 475 g/mol. The number of aliphatic hydroxyl groups is 1. The summed E-state index contributed by atoms with van der Waals surface area (Å²) >= 11 is 6.19. The lowest BCUT2D eigenvalue weighted by molar-refractivity contribution is -0.0821. The standard InChI is InChI=1S/C29H30ClNO3/c1-19-16-24-23(14-15-26(33)31(24)17-20-8-6-5-7-9-20)28(21-10-12-22(30)13-11-21)27(19)25(18-32)34-29(2,3)4/h5-16,25,32H,17-18H2,1-4H3/t25-/m1/s1. The molecular formula is C29H30ClNO3. The van der Waals surface area contributed by atoms with Crippen LogP contribution in [-0.4, -0.2) is 21.9 Å². The van der Waals surface area contributed by atoms with E-state index < -0.39 is 11.7 Å². The molecule has 0 saturated carbocycles. The number of fused-ring (bicyclic) bond motifs is 1. The van der Waals surface area contributed by atoms with E-state index in [4.69, 9.17) is 16.3 Å². The fraction of sp³-hybridized carbons (Fsp3) is 0.276. The number of halogens is 1. The summed E-state index contributed by atoms with van der Waals surface area (Å²) in [7, 11) is 0. The van der Waals surface area contributed by atoms with Gasteiger partial charge in [-0.05, 0) is 79.8 Å². The third-order valence-electron chi connectivity index (χ3n) is 5.84. The topological polar surface area (TPSA) is 51.5 Å². The predicted octanol–water partition coefficient (Wildman–Crippen LogP) is 6.53. The van der Waals surface area contributed by atoms with E-state index in [0.717, 1.165) is 38.7 Å². The van der Waals surface area contributed by atoms with Crippen LogP contribution in [-0.2, 0) is 11.3 Å². The number of benzene rings is 3. The molecule has 5 heteroatoms. The number of aliphatic hydroxyl groups excluding tert-OH is 1. The first-order valence-corrected chi connectivity index (χ1v) is 11.8. The van der Waals surface area contributed by atoms with Crippen LogP contribution in [0.15, 0.2) is 77.6 Å². The van der Waals surface area contributed by atoms with Crippen LogP contribution in [0.1, 0.15) is 43.6 Å². The van der Waals surface area contributed by atoms with E-state index in [1.165, 1.54) is 0 Å². The van der Waals surface area contributed by atoms with Crippen LogP contribution in [0.5, 0.6) is 0 Å². The van der Waals surface area contributed by atoms with Crippen molar-refractivity contribution in [1.82, 2.24) is 4.57 Å². The SMILES string of the molecule is Cc1cc2c(ccc(=O)n2Cc2ccccc2)c(-c2ccc(Cl)cc2)c1[C@@H](CO)OC(C)(C)C. The number of rotatable bonds is 6. The Morgan fingerprint density at radius 2 is 1.68 bits per heavy atom. The van der Waals surface area contributed by atoms with Gasteiger partial charge in [0.15, 0.2) is 0 Å². The second-order valence-electron chi connectivity index (χ2n) is 9.57. The van der Waals surface area contributed by atoms with Crippen molar-refractivity contribution in [3.63, 3.8) is 0 Å². The summed E-state index contributed by atoms with van der Waals surface area (Å²) in [6, 6.07) is 23.1. The highest BCUT2D eigenvalue weighted by Crippen LogP contribution is 2.40. The molecule has 0 spiro atoms. The zero-order chi connectivity index (χ0) is 24.5. The number of pyridine rings is 1. The van der Waals surface area contributed by atoms with Gasteiger partial charge < -0.3 is 14.4 Å². The molecule has 0 saturated heterocycles. The summed E-state index contributed by atoms with van der Waals surface area (Å²) in [5.74, 6) is 0. The summed E-state index contributed by atoms with van der Waals surface area (Å²) in [6.45, 7) is 8.25. The number of hydrogen-bond donors (Lipinski definition) is 1. The molecule has 1 N–H and O–H groups in total. The first-order chi connectivity index (χ1) is 16.2. The third-order valence-corrected chi connectivity index (χ3v) is 6.09. The molecule has 3 aromatic carbocycles. The zero-order valence-electron chi connectivity index (χ0n) is 20.0. The summed E-state index contributed by atoms with van der Waals surface area (Å²) in [5, 5.41) is 11.9. The molecule has 0 aliphatic heterocycles. The summed E-state index contributed by atoms with van der Waals surface area (Å²) in [5.41, 5.74) is 5.15. The molecule has 4 aromatic rings. The molecule has 0 bridgehead atoms. The van der Waals surface area contributed by atoms with Gasteiger partial charge in [0.1, 0.15) is 6.10 Å². The molecule has 0 fully saturated rings. The average molecular weight is 476 g/mol. The van der Waals surface area contributed by atoms with E-state index in [0.29, 0.717) is 11.6 Å². The average Bonchev–Trinajstić information content (AvgIpc) is 2.80. The molecule has 0 unspecified atom stereocenters. The van der Waals surface area contributed by atoms with Crippen LogP contribution < -0.4 is 5.56 Å². The number of hydrogen-bond acceptors (Lipinski definition) is 3. The van der Waals surface area contributed by atoms with E-state index in [9.17, 15) is 9.90 Å². The van der Waals surface area contributed by atoms with Crippen molar-refractivity contribution in [2.75, 3.05) is 6.61 Å². The second kappa shape index (κ2) is 9.75. The smallest absolute Gasteiger partial charge is 0.251 e. The highest BCUT2D eigenvalue weighted by Gasteiger charge is 2.26. The maximum atomic E-state index is 13.0. The minimum absolute atomic E-state index is 0.0600. The molecule has 34 heavy (non-hydrogen) atoms. The molecule has 1 aromatic heterocycles. The van der Waals surface area contributed by atoms with Gasteiger partial charge in [0.2, 0.25) is 0 Å². The van der Waals surface area contributed by atoms with Crippen LogP contribution in [0, 0.1) is 6.92 Å². The van der Waals surface area contributed by atoms with Crippen molar-refractivity contribution in [3.8, 4) is 11.1 Å². The van der Waals surface area contributed by atoms with Crippen molar-refractivity contribution in [3.05, 3.63) is 105 Å². The molecule has 1 heterocycles. The van der Waals surface area contributed by atoms with Gasteiger partial charge in [-0.25, -0.2) is 0 Å². The van der Waals surface area contributed by atoms with Crippen LogP contribution in [0.3, 0.4) is 0 Å². The van der Waals surface area contributed by atoms with Crippen molar-refractivity contribution in [1.29, 1.82) is 0 Å². The number of ether oxygens (including phenoxy) is 1. The summed E-state index contributed by atoms with van der Waals surface area (Å²) in [4.78, 5) is 13.0. The largest absolute Gasteiger partial charge is 0.393 e. The Hall–Kier alpha value is -2.92. The first-order valence-electron chi connectivity index (χ1n) is 11.4. The van der Waals surface area contributed by atoms with E-state index in [2.05, 4.69) is 0 Å². The fourth-order valence-electron chi connectivity index (χ4n) is 4.47.